The SMILES string of the molecule is CCOC(=O)c1cc(-c2ccc(CN)cc2)n(-c2ccc(OC)nc2)n1. The molecule has 134 valence electrons. The van der Waals surface area contributed by atoms with Gasteiger partial charge in [0, 0.05) is 18.2 Å². The molecule has 0 saturated carbocycles. The van der Waals surface area contributed by atoms with Gasteiger partial charge in [0.2, 0.25) is 5.88 Å². The van der Waals surface area contributed by atoms with E-state index < -0.39 is 5.97 Å². The third-order valence-electron chi connectivity index (χ3n) is 3.85. The highest BCUT2D eigenvalue weighted by Crippen LogP contribution is 2.25. The van der Waals surface area contributed by atoms with E-state index in [4.69, 9.17) is 15.2 Å². The summed E-state index contributed by atoms with van der Waals surface area (Å²) in [7, 11) is 1.55. The van der Waals surface area contributed by atoms with E-state index in [0.717, 1.165) is 16.8 Å². The van der Waals surface area contributed by atoms with Crippen molar-refractivity contribution in [2.45, 2.75) is 13.5 Å². The van der Waals surface area contributed by atoms with Crippen molar-refractivity contribution in [2.24, 2.45) is 5.73 Å². The topological polar surface area (TPSA) is 92.3 Å². The van der Waals surface area contributed by atoms with Crippen LogP contribution >= 0.6 is 0 Å². The molecule has 7 nitrogen and oxygen atoms in total. The number of hydrogen-bond acceptors (Lipinski definition) is 6. The number of carbonyl (C=O) groups excluding carboxylic acids is 1. The summed E-state index contributed by atoms with van der Waals surface area (Å²) in [6, 6.07) is 13.1. The van der Waals surface area contributed by atoms with E-state index in [2.05, 4.69) is 10.1 Å². The second kappa shape index (κ2) is 7.79. The molecule has 1 aromatic carbocycles. The lowest BCUT2D eigenvalue weighted by molar-refractivity contribution is 0.0519. The van der Waals surface area contributed by atoms with E-state index in [1.54, 1.807) is 37.0 Å². The summed E-state index contributed by atoms with van der Waals surface area (Å²) in [5.74, 6) is 0.0351. The lowest BCUT2D eigenvalue weighted by atomic mass is 10.1. The maximum absolute atomic E-state index is 12.1. The summed E-state index contributed by atoms with van der Waals surface area (Å²) in [5, 5.41) is 4.41. The van der Waals surface area contributed by atoms with Crippen LogP contribution < -0.4 is 10.5 Å². The van der Waals surface area contributed by atoms with Gasteiger partial charge < -0.3 is 15.2 Å². The third kappa shape index (κ3) is 3.57. The fourth-order valence-electron chi connectivity index (χ4n) is 2.52. The predicted octanol–water partition coefficient (Wildman–Crippen LogP) is 2.58. The zero-order chi connectivity index (χ0) is 18.5. The fraction of sp³-hybridized carbons (Fsp3) is 0.211. The van der Waals surface area contributed by atoms with Gasteiger partial charge in [0.05, 0.1) is 31.3 Å². The second-order valence-electron chi connectivity index (χ2n) is 5.51. The summed E-state index contributed by atoms with van der Waals surface area (Å²) in [5.41, 5.74) is 9.29. The van der Waals surface area contributed by atoms with E-state index in [1.807, 2.05) is 30.3 Å². The molecule has 0 saturated heterocycles. The van der Waals surface area contributed by atoms with E-state index in [9.17, 15) is 4.79 Å². The molecule has 3 aromatic rings. The molecule has 26 heavy (non-hydrogen) atoms. The van der Waals surface area contributed by atoms with Crippen LogP contribution in [0.5, 0.6) is 5.88 Å². The molecule has 2 N–H and O–H groups in total. The number of carbonyl (C=O) groups is 1. The predicted molar refractivity (Wildman–Crippen MR) is 97.2 cm³/mol. The van der Waals surface area contributed by atoms with Crippen molar-refractivity contribution in [3.8, 4) is 22.8 Å². The molecule has 0 spiro atoms. The lowest BCUT2D eigenvalue weighted by Gasteiger charge is -2.08. The zero-order valence-electron chi connectivity index (χ0n) is 14.7. The summed E-state index contributed by atoms with van der Waals surface area (Å²) in [6.07, 6.45) is 1.64. The van der Waals surface area contributed by atoms with Crippen LogP contribution in [0.2, 0.25) is 0 Å². The van der Waals surface area contributed by atoms with Crippen LogP contribution in [0.25, 0.3) is 16.9 Å². The van der Waals surface area contributed by atoms with E-state index in [-0.39, 0.29) is 12.3 Å². The smallest absolute Gasteiger partial charge is 0.358 e. The zero-order valence-corrected chi connectivity index (χ0v) is 14.7. The van der Waals surface area contributed by atoms with E-state index >= 15 is 0 Å². The minimum Gasteiger partial charge on any atom is -0.481 e. The van der Waals surface area contributed by atoms with Crippen molar-refractivity contribution in [3.05, 3.63) is 59.9 Å². The highest BCUT2D eigenvalue weighted by Gasteiger charge is 2.18. The number of nitrogens with two attached hydrogens (primary N) is 1. The molecule has 0 aliphatic heterocycles. The van der Waals surface area contributed by atoms with Crippen molar-refractivity contribution in [1.29, 1.82) is 0 Å². The standard InChI is InChI=1S/C19H20N4O3/c1-3-26-19(24)16-10-17(14-6-4-13(11-20)5-7-14)23(22-16)15-8-9-18(25-2)21-12-15/h4-10,12H,3,11,20H2,1-2H3. The maximum atomic E-state index is 12.1. The minimum absolute atomic E-state index is 0.237. The summed E-state index contributed by atoms with van der Waals surface area (Å²) < 4.78 is 11.8. The molecule has 0 amide bonds. The minimum atomic E-state index is -0.465. The number of pyridine rings is 1. The Labute approximate surface area is 151 Å². The lowest BCUT2D eigenvalue weighted by Crippen LogP contribution is -2.07. The van der Waals surface area contributed by atoms with Crippen LogP contribution in [0.15, 0.2) is 48.7 Å². The summed E-state index contributed by atoms with van der Waals surface area (Å²) >= 11 is 0. The second-order valence-corrected chi connectivity index (χ2v) is 5.51. The van der Waals surface area contributed by atoms with Gasteiger partial charge >= 0.3 is 5.97 Å². The highest BCUT2D eigenvalue weighted by atomic mass is 16.5. The van der Waals surface area contributed by atoms with Gasteiger partial charge in [0.15, 0.2) is 5.69 Å². The van der Waals surface area contributed by atoms with Gasteiger partial charge in [-0.2, -0.15) is 5.10 Å². The Morgan fingerprint density at radius 3 is 2.54 bits per heavy atom. The maximum Gasteiger partial charge on any atom is 0.358 e. The molecule has 7 heteroatoms. The number of rotatable bonds is 6. The van der Waals surface area contributed by atoms with Gasteiger partial charge in [-0.3, -0.25) is 0 Å². The summed E-state index contributed by atoms with van der Waals surface area (Å²) in [6.45, 7) is 2.51. The van der Waals surface area contributed by atoms with Crippen LogP contribution in [-0.2, 0) is 11.3 Å². The number of hydrogen-bond donors (Lipinski definition) is 1. The van der Waals surface area contributed by atoms with Gasteiger partial charge in [-0.1, -0.05) is 24.3 Å². The van der Waals surface area contributed by atoms with E-state index in [1.165, 1.54) is 0 Å². The van der Waals surface area contributed by atoms with Crippen LogP contribution in [0.4, 0.5) is 0 Å². The number of methoxy groups -OCH3 is 1. The molecule has 0 unspecified atom stereocenters. The van der Waals surface area contributed by atoms with Crippen molar-refractivity contribution < 1.29 is 14.3 Å². The first-order valence-electron chi connectivity index (χ1n) is 8.23. The number of ether oxygens (including phenoxy) is 2. The van der Waals surface area contributed by atoms with Gasteiger partial charge in [0.1, 0.15) is 0 Å². The third-order valence-corrected chi connectivity index (χ3v) is 3.85. The van der Waals surface area contributed by atoms with Crippen molar-refractivity contribution in [3.63, 3.8) is 0 Å². The van der Waals surface area contributed by atoms with Gasteiger partial charge in [-0.25, -0.2) is 14.5 Å². The van der Waals surface area contributed by atoms with E-state index in [0.29, 0.717) is 18.1 Å². The Morgan fingerprint density at radius 1 is 1.19 bits per heavy atom. The molecular weight excluding hydrogens is 332 g/mol. The number of benzene rings is 1. The van der Waals surface area contributed by atoms with Crippen LogP contribution in [-0.4, -0.2) is 34.5 Å². The normalized spacial score (nSPS) is 10.6. The molecular formula is C19H20N4O3. The quantitative estimate of drug-likeness (QED) is 0.686. The van der Waals surface area contributed by atoms with Gasteiger partial charge in [-0.05, 0) is 24.6 Å². The van der Waals surface area contributed by atoms with Crippen LogP contribution in [0, 0.1) is 0 Å². The Balaban J connectivity index is 2.08. The molecule has 0 radical (unpaired) electrons. The first-order valence-corrected chi connectivity index (χ1v) is 8.23. The monoisotopic (exact) mass is 352 g/mol. The molecule has 0 fully saturated rings. The Morgan fingerprint density at radius 2 is 1.96 bits per heavy atom. The number of esters is 1. The number of nitrogens with zero attached hydrogens (tertiary/aromatic N) is 3. The Hall–Kier alpha value is -3.19. The molecule has 0 atom stereocenters. The highest BCUT2D eigenvalue weighted by molar-refractivity contribution is 5.89. The average molecular weight is 352 g/mol. The van der Waals surface area contributed by atoms with Crippen molar-refractivity contribution >= 4 is 5.97 Å². The van der Waals surface area contributed by atoms with Crippen molar-refractivity contribution in [2.75, 3.05) is 13.7 Å². The van der Waals surface area contributed by atoms with Gasteiger partial charge in [0.25, 0.3) is 0 Å². The van der Waals surface area contributed by atoms with Crippen LogP contribution in [0.1, 0.15) is 23.0 Å². The molecule has 3 rings (SSSR count). The largest absolute Gasteiger partial charge is 0.481 e. The first kappa shape index (κ1) is 17.6. The number of aromatic nitrogens is 3. The van der Waals surface area contributed by atoms with Gasteiger partial charge in [-0.15, -0.1) is 0 Å². The molecule has 2 aromatic heterocycles. The summed E-state index contributed by atoms with van der Waals surface area (Å²) in [4.78, 5) is 16.3. The molecule has 0 aliphatic rings. The fourth-order valence-corrected chi connectivity index (χ4v) is 2.52. The molecule has 0 aliphatic carbocycles. The Bertz CT molecular complexity index is 821. The Kier molecular flexibility index (Phi) is 5.28. The van der Waals surface area contributed by atoms with Crippen molar-refractivity contribution in [1.82, 2.24) is 14.8 Å². The van der Waals surface area contributed by atoms with Crippen LogP contribution in [0.3, 0.4) is 0 Å². The average Bonchev–Trinajstić information content (AvgIpc) is 3.14. The first-order chi connectivity index (χ1) is 12.7. The molecule has 2 heterocycles. The molecule has 0 bridgehead atoms.